The molecule has 0 radical (unpaired) electrons. The number of ether oxygens (including phenoxy) is 1. The molecule has 1 spiro atoms. The van der Waals surface area contributed by atoms with E-state index in [1.54, 1.807) is 13.0 Å². The lowest BCUT2D eigenvalue weighted by molar-refractivity contribution is -0.187. The second kappa shape index (κ2) is 12.9. The average molecular weight is 622 g/mol. The molecule has 2 atom stereocenters. The zero-order chi connectivity index (χ0) is 32.2. The van der Waals surface area contributed by atoms with Gasteiger partial charge in [-0.05, 0) is 48.7 Å². The van der Waals surface area contributed by atoms with Crippen molar-refractivity contribution in [2.24, 2.45) is 0 Å². The summed E-state index contributed by atoms with van der Waals surface area (Å²) in [6.45, 7) is 1.38. The van der Waals surface area contributed by atoms with Crippen molar-refractivity contribution in [2.45, 2.75) is 57.5 Å². The van der Waals surface area contributed by atoms with Crippen LogP contribution in [0.3, 0.4) is 0 Å². The van der Waals surface area contributed by atoms with E-state index in [9.17, 15) is 41.5 Å². The van der Waals surface area contributed by atoms with Gasteiger partial charge in [-0.3, -0.25) is 14.4 Å². The zero-order valence-corrected chi connectivity index (χ0v) is 23.9. The van der Waals surface area contributed by atoms with Gasteiger partial charge in [0.2, 0.25) is 17.4 Å². The molecule has 2 aromatic rings. The van der Waals surface area contributed by atoms with Crippen LogP contribution in [0.5, 0.6) is 0 Å². The van der Waals surface area contributed by atoms with Gasteiger partial charge in [0.05, 0.1) is 0 Å². The van der Waals surface area contributed by atoms with E-state index in [4.69, 9.17) is 4.74 Å². The molecule has 0 bridgehead atoms. The molecule has 1 fully saturated rings. The third-order valence-corrected chi connectivity index (χ3v) is 7.49. The molecule has 2 aromatic carbocycles. The molecule has 11 nitrogen and oxygen atoms in total. The molecule has 1 aliphatic heterocycles. The molecule has 3 N–H and O–H groups in total. The number of nitrogens with one attached hydrogen (secondary N) is 3. The Labute approximate surface area is 249 Å². The number of aryl methyl sites for hydroxylation is 1. The highest BCUT2D eigenvalue weighted by Gasteiger charge is 2.58. The number of hydrogen-bond acceptors (Lipinski definition) is 6. The Hall–Kier alpha value is -4.69. The van der Waals surface area contributed by atoms with E-state index in [0.29, 0.717) is 33.0 Å². The fourth-order valence-electron chi connectivity index (χ4n) is 5.04. The Bertz CT molecular complexity index is 1450. The van der Waals surface area contributed by atoms with Crippen molar-refractivity contribution in [2.75, 3.05) is 25.0 Å². The monoisotopic (exact) mass is 621 g/mol. The van der Waals surface area contributed by atoms with Gasteiger partial charge in [0.15, 0.2) is 0 Å². The van der Waals surface area contributed by atoms with Crippen molar-refractivity contribution in [3.05, 3.63) is 65.0 Å². The highest BCUT2D eigenvalue weighted by Crippen LogP contribution is 2.46. The zero-order valence-electron chi connectivity index (χ0n) is 23.9. The van der Waals surface area contributed by atoms with Crippen LogP contribution in [0.1, 0.15) is 43.4 Å². The molecule has 0 aromatic heterocycles. The van der Waals surface area contributed by atoms with Gasteiger partial charge in [0.25, 0.3) is 5.91 Å². The molecule has 1 aliphatic carbocycles. The van der Waals surface area contributed by atoms with Gasteiger partial charge < -0.3 is 25.6 Å². The second-order valence-corrected chi connectivity index (χ2v) is 10.4. The van der Waals surface area contributed by atoms with Crippen LogP contribution in [0.2, 0.25) is 0 Å². The molecule has 15 heteroatoms. The molecular formula is C29H31F4N5O6. The number of amides is 6. The van der Waals surface area contributed by atoms with Crippen molar-refractivity contribution >= 4 is 35.5 Å². The third-order valence-electron chi connectivity index (χ3n) is 7.49. The number of halogens is 4. The minimum absolute atomic E-state index is 0.0304. The molecule has 1 saturated heterocycles. The van der Waals surface area contributed by atoms with Gasteiger partial charge in [-0.1, -0.05) is 25.1 Å². The van der Waals surface area contributed by atoms with E-state index in [1.165, 1.54) is 24.3 Å². The van der Waals surface area contributed by atoms with Crippen LogP contribution in [0.15, 0.2) is 42.5 Å². The molecule has 1 unspecified atom stereocenters. The SMILES string of the molecule is CCC(=O)NCCNC(=O)Nc1ccc2c(c1)CC[C@@]21OC(=O)N(CC(=O)N(Cc2ccc(F)cc2)C(C)C(F)(F)F)C1=O. The molecule has 1 heterocycles. The van der Waals surface area contributed by atoms with E-state index in [0.717, 1.165) is 19.1 Å². The van der Waals surface area contributed by atoms with Crippen molar-refractivity contribution in [1.29, 1.82) is 0 Å². The van der Waals surface area contributed by atoms with Crippen LogP contribution in [0.25, 0.3) is 0 Å². The summed E-state index contributed by atoms with van der Waals surface area (Å²) in [5.41, 5.74) is -0.226. The lowest BCUT2D eigenvalue weighted by atomic mass is 9.94. The summed E-state index contributed by atoms with van der Waals surface area (Å²) in [6.07, 6.45) is -5.36. The minimum Gasteiger partial charge on any atom is -0.427 e. The number of benzene rings is 2. The summed E-state index contributed by atoms with van der Waals surface area (Å²) >= 11 is 0. The first-order valence-electron chi connectivity index (χ1n) is 13.9. The number of fused-ring (bicyclic) bond motifs is 2. The van der Waals surface area contributed by atoms with Gasteiger partial charge in [-0.2, -0.15) is 13.2 Å². The highest BCUT2D eigenvalue weighted by molar-refractivity contribution is 6.06. The van der Waals surface area contributed by atoms with Crippen LogP contribution in [-0.2, 0) is 37.7 Å². The number of carbonyl (C=O) groups excluding carboxylic acids is 5. The fraction of sp³-hybridized carbons (Fsp3) is 0.414. The summed E-state index contributed by atoms with van der Waals surface area (Å²) < 4.78 is 59.8. The summed E-state index contributed by atoms with van der Waals surface area (Å²) in [6, 6.07) is 6.35. The standard InChI is InChI=1S/C29H31F4N5O6/c1-3-23(39)34-12-13-35-26(42)36-21-8-9-22-19(14-21)10-11-28(22)25(41)38(27(43)44-28)16-24(40)37(17(2)29(31,32)33)15-18-4-6-20(30)7-5-18/h4-9,14,17H,3,10-13,15-16H2,1-2H3,(H,34,39)(H2,35,36,42)/t17?,28-/m1/s1. The number of imide groups is 1. The average Bonchev–Trinajstić information content (AvgIpc) is 3.45. The number of carbonyl (C=O) groups is 5. The number of urea groups is 1. The first kappa shape index (κ1) is 32.2. The summed E-state index contributed by atoms with van der Waals surface area (Å²) in [4.78, 5) is 64.0. The smallest absolute Gasteiger partial charge is 0.418 e. The summed E-state index contributed by atoms with van der Waals surface area (Å²) in [7, 11) is 0. The van der Waals surface area contributed by atoms with Gasteiger partial charge in [-0.25, -0.2) is 18.9 Å². The number of rotatable bonds is 10. The van der Waals surface area contributed by atoms with Crippen LogP contribution in [0, 0.1) is 5.82 Å². The van der Waals surface area contributed by atoms with Crippen LogP contribution < -0.4 is 16.0 Å². The van der Waals surface area contributed by atoms with E-state index in [-0.39, 0.29) is 37.4 Å². The highest BCUT2D eigenvalue weighted by atomic mass is 19.4. The van der Waals surface area contributed by atoms with E-state index in [2.05, 4.69) is 16.0 Å². The predicted molar refractivity (Wildman–Crippen MR) is 147 cm³/mol. The third kappa shape index (κ3) is 6.92. The predicted octanol–water partition coefficient (Wildman–Crippen LogP) is 3.57. The van der Waals surface area contributed by atoms with E-state index >= 15 is 0 Å². The van der Waals surface area contributed by atoms with Crippen LogP contribution in [0.4, 0.5) is 32.8 Å². The van der Waals surface area contributed by atoms with Gasteiger partial charge in [0.1, 0.15) is 18.4 Å². The molecule has 4 rings (SSSR count). The number of hydrogen-bond donors (Lipinski definition) is 3. The lowest BCUT2D eigenvalue weighted by Gasteiger charge is -2.31. The largest absolute Gasteiger partial charge is 0.427 e. The van der Waals surface area contributed by atoms with Gasteiger partial charge in [-0.15, -0.1) is 0 Å². The molecule has 6 amide bonds. The second-order valence-electron chi connectivity index (χ2n) is 10.4. The first-order valence-corrected chi connectivity index (χ1v) is 13.9. The van der Waals surface area contributed by atoms with E-state index < -0.39 is 60.7 Å². The Kier molecular flexibility index (Phi) is 9.44. The van der Waals surface area contributed by atoms with Gasteiger partial charge >= 0.3 is 18.3 Å². The Morgan fingerprint density at radius 2 is 1.75 bits per heavy atom. The Morgan fingerprint density at radius 3 is 2.41 bits per heavy atom. The fourth-order valence-corrected chi connectivity index (χ4v) is 5.04. The van der Waals surface area contributed by atoms with Crippen molar-refractivity contribution < 1.29 is 46.3 Å². The summed E-state index contributed by atoms with van der Waals surface area (Å²) in [5, 5.41) is 7.85. The number of alkyl halides is 3. The number of anilines is 1. The maximum Gasteiger partial charge on any atom is 0.418 e. The summed E-state index contributed by atoms with van der Waals surface area (Å²) in [5.74, 6) is -2.80. The topological polar surface area (TPSA) is 137 Å². The minimum atomic E-state index is -4.82. The molecule has 236 valence electrons. The van der Waals surface area contributed by atoms with Crippen LogP contribution in [-0.4, -0.2) is 71.5 Å². The molecule has 44 heavy (non-hydrogen) atoms. The Balaban J connectivity index is 1.45. The van der Waals surface area contributed by atoms with Gasteiger partial charge in [0, 0.05) is 43.7 Å². The Morgan fingerprint density at radius 1 is 1.07 bits per heavy atom. The molecule has 0 saturated carbocycles. The van der Waals surface area contributed by atoms with Crippen LogP contribution >= 0.6 is 0 Å². The number of nitrogens with zero attached hydrogens (tertiary/aromatic N) is 2. The molecular weight excluding hydrogens is 590 g/mol. The maximum absolute atomic E-state index is 13.7. The molecule has 2 aliphatic rings. The lowest BCUT2D eigenvalue weighted by Crippen LogP contribution is -2.51. The normalized spacial score (nSPS) is 18.1. The quantitative estimate of drug-likeness (QED) is 0.274. The van der Waals surface area contributed by atoms with Crippen molar-refractivity contribution in [3.63, 3.8) is 0 Å². The van der Waals surface area contributed by atoms with Crippen molar-refractivity contribution in [3.8, 4) is 0 Å². The van der Waals surface area contributed by atoms with Crippen molar-refractivity contribution in [1.82, 2.24) is 20.4 Å². The van der Waals surface area contributed by atoms with E-state index in [1.807, 2.05) is 0 Å². The maximum atomic E-state index is 13.7. The first-order chi connectivity index (χ1) is 20.7.